The summed E-state index contributed by atoms with van der Waals surface area (Å²) in [4.78, 5) is 17.8. The summed E-state index contributed by atoms with van der Waals surface area (Å²) in [6.45, 7) is 0.0982. The number of hydrogen-bond acceptors (Lipinski definition) is 6. The molecule has 3 aromatic rings. The predicted octanol–water partition coefficient (Wildman–Crippen LogP) is 4.57. The standard InChI is InChI=1S/C25H23ClF3N3O4S/c26-18-7-8-20-21(9-11-31-22(20)13-18)30-10-4-12-32-23(33)17(15-25(27,28)29)14-24(32,34)16-37(35,36)19-5-2-1-3-6-19/h1-3,5-9,11,13-14,34H,4,10,12,15-16H2,(H,30,31). The molecule has 0 fully saturated rings. The minimum Gasteiger partial charge on any atom is -0.384 e. The first-order valence-corrected chi connectivity index (χ1v) is 13.3. The van der Waals surface area contributed by atoms with Crippen molar-refractivity contribution < 1.29 is 31.5 Å². The van der Waals surface area contributed by atoms with Crippen molar-refractivity contribution in [3.05, 3.63) is 77.5 Å². The van der Waals surface area contributed by atoms with Crippen LogP contribution >= 0.6 is 11.6 Å². The zero-order valence-electron chi connectivity index (χ0n) is 19.4. The summed E-state index contributed by atoms with van der Waals surface area (Å²) >= 11 is 6.01. The molecule has 12 heteroatoms. The summed E-state index contributed by atoms with van der Waals surface area (Å²) < 4.78 is 65.1. The first-order chi connectivity index (χ1) is 17.4. The quantitative estimate of drug-likeness (QED) is 0.377. The molecule has 7 nitrogen and oxygen atoms in total. The van der Waals surface area contributed by atoms with Crippen molar-refractivity contribution in [3.8, 4) is 0 Å². The smallest absolute Gasteiger partial charge is 0.384 e. The number of sulfone groups is 1. The molecule has 1 aliphatic rings. The van der Waals surface area contributed by atoms with Crippen LogP contribution in [0.4, 0.5) is 18.9 Å². The van der Waals surface area contributed by atoms with E-state index in [1.165, 1.54) is 24.3 Å². The number of aromatic nitrogens is 1. The van der Waals surface area contributed by atoms with Crippen LogP contribution in [-0.4, -0.2) is 60.1 Å². The highest BCUT2D eigenvalue weighted by Gasteiger charge is 2.48. The molecule has 0 saturated heterocycles. The van der Waals surface area contributed by atoms with Gasteiger partial charge in [0.15, 0.2) is 15.6 Å². The lowest BCUT2D eigenvalue weighted by Crippen LogP contribution is -2.51. The number of pyridine rings is 1. The van der Waals surface area contributed by atoms with E-state index < -0.39 is 45.4 Å². The molecule has 0 aliphatic carbocycles. The normalized spacial score (nSPS) is 18.4. The van der Waals surface area contributed by atoms with E-state index in [1.54, 1.807) is 36.5 Å². The molecule has 1 amide bonds. The first kappa shape index (κ1) is 26.9. The van der Waals surface area contributed by atoms with Crippen molar-refractivity contribution in [3.63, 3.8) is 0 Å². The zero-order chi connectivity index (χ0) is 26.8. The number of nitrogens with one attached hydrogen (secondary N) is 1. The fourth-order valence-corrected chi connectivity index (χ4v) is 5.95. The molecular weight excluding hydrogens is 531 g/mol. The highest BCUT2D eigenvalue weighted by Crippen LogP contribution is 2.35. The third kappa shape index (κ3) is 6.23. The van der Waals surface area contributed by atoms with Gasteiger partial charge >= 0.3 is 6.18 Å². The van der Waals surface area contributed by atoms with E-state index in [0.717, 1.165) is 22.0 Å². The number of rotatable bonds is 9. The monoisotopic (exact) mass is 553 g/mol. The maximum Gasteiger partial charge on any atom is 0.393 e. The summed E-state index contributed by atoms with van der Waals surface area (Å²) in [5.41, 5.74) is -1.73. The molecule has 1 aliphatic heterocycles. The summed E-state index contributed by atoms with van der Waals surface area (Å²) in [5, 5.41) is 15.7. The second-order valence-corrected chi connectivity index (χ2v) is 11.1. The van der Waals surface area contributed by atoms with Gasteiger partial charge < -0.3 is 15.3 Å². The summed E-state index contributed by atoms with van der Waals surface area (Å²) in [5.74, 6) is -2.02. The number of carbonyl (C=O) groups excluding carboxylic acids is 1. The van der Waals surface area contributed by atoms with Crippen LogP contribution in [0.25, 0.3) is 10.9 Å². The van der Waals surface area contributed by atoms with Crippen molar-refractivity contribution >= 4 is 43.9 Å². The average molecular weight is 554 g/mol. The SMILES string of the molecule is O=C1C(CC(F)(F)F)=CC(O)(CS(=O)(=O)c2ccccc2)N1CCCNc1ccnc2cc(Cl)ccc12. The number of anilines is 1. The van der Waals surface area contributed by atoms with Crippen molar-refractivity contribution in [2.45, 2.75) is 29.6 Å². The number of amides is 1. The molecule has 2 heterocycles. The Bertz CT molecular complexity index is 1450. The van der Waals surface area contributed by atoms with E-state index in [0.29, 0.717) is 10.5 Å². The molecule has 1 aromatic heterocycles. The third-order valence-corrected chi connectivity index (χ3v) is 7.90. The molecule has 0 saturated carbocycles. The van der Waals surface area contributed by atoms with E-state index in [9.17, 15) is 31.5 Å². The van der Waals surface area contributed by atoms with E-state index in [-0.39, 0.29) is 24.4 Å². The van der Waals surface area contributed by atoms with Gasteiger partial charge in [-0.1, -0.05) is 29.8 Å². The molecule has 2 aromatic carbocycles. The van der Waals surface area contributed by atoms with Crippen molar-refractivity contribution in [2.75, 3.05) is 24.2 Å². The number of nitrogens with zero attached hydrogens (tertiary/aromatic N) is 2. The van der Waals surface area contributed by atoms with E-state index in [4.69, 9.17) is 11.6 Å². The largest absolute Gasteiger partial charge is 0.393 e. The lowest BCUT2D eigenvalue weighted by Gasteiger charge is -2.33. The predicted molar refractivity (Wildman–Crippen MR) is 134 cm³/mol. The number of carbonyl (C=O) groups is 1. The van der Waals surface area contributed by atoms with E-state index in [1.807, 2.05) is 0 Å². The van der Waals surface area contributed by atoms with Gasteiger partial charge in [-0.05, 0) is 48.9 Å². The maximum atomic E-state index is 13.1. The van der Waals surface area contributed by atoms with Gasteiger partial charge in [0, 0.05) is 41.0 Å². The number of fused-ring (bicyclic) bond motifs is 1. The van der Waals surface area contributed by atoms with Crippen LogP contribution in [0.5, 0.6) is 0 Å². The van der Waals surface area contributed by atoms with Crippen LogP contribution in [0.3, 0.4) is 0 Å². The van der Waals surface area contributed by atoms with E-state index >= 15 is 0 Å². The van der Waals surface area contributed by atoms with Crippen LogP contribution in [-0.2, 0) is 14.6 Å². The molecule has 0 bridgehead atoms. The van der Waals surface area contributed by atoms with Gasteiger partial charge in [0.05, 0.1) is 16.8 Å². The lowest BCUT2D eigenvalue weighted by atomic mass is 10.1. The topological polar surface area (TPSA) is 99.6 Å². The van der Waals surface area contributed by atoms with Gasteiger partial charge in [-0.15, -0.1) is 0 Å². The second kappa shape index (κ2) is 10.3. The number of benzene rings is 2. The lowest BCUT2D eigenvalue weighted by molar-refractivity contribution is -0.145. The molecule has 4 rings (SSSR count). The Morgan fingerprint density at radius 3 is 2.54 bits per heavy atom. The first-order valence-electron chi connectivity index (χ1n) is 11.3. The second-order valence-electron chi connectivity index (χ2n) is 8.67. The fourth-order valence-electron chi connectivity index (χ4n) is 4.25. The molecular formula is C25H23ClF3N3O4S. The molecule has 1 unspecified atom stereocenters. The van der Waals surface area contributed by atoms with Gasteiger partial charge in [-0.2, -0.15) is 13.2 Å². The van der Waals surface area contributed by atoms with Gasteiger partial charge in [-0.3, -0.25) is 9.78 Å². The highest BCUT2D eigenvalue weighted by atomic mass is 35.5. The minimum absolute atomic E-state index is 0.111. The molecule has 1 atom stereocenters. The Kier molecular flexibility index (Phi) is 7.50. The van der Waals surface area contributed by atoms with Crippen molar-refractivity contribution in [1.29, 1.82) is 0 Å². The van der Waals surface area contributed by atoms with Crippen LogP contribution < -0.4 is 5.32 Å². The van der Waals surface area contributed by atoms with Gasteiger partial charge in [0.1, 0.15) is 5.75 Å². The Hall–Kier alpha value is -3.15. The third-order valence-electron chi connectivity index (χ3n) is 5.87. The summed E-state index contributed by atoms with van der Waals surface area (Å²) in [7, 11) is -4.13. The number of hydrogen-bond donors (Lipinski definition) is 2. The van der Waals surface area contributed by atoms with Gasteiger partial charge in [0.25, 0.3) is 5.91 Å². The number of aliphatic hydroxyl groups is 1. The van der Waals surface area contributed by atoms with Crippen LogP contribution in [0.2, 0.25) is 5.02 Å². The Labute approximate surface area is 216 Å². The van der Waals surface area contributed by atoms with Crippen LogP contribution in [0.1, 0.15) is 12.8 Å². The van der Waals surface area contributed by atoms with Crippen molar-refractivity contribution in [1.82, 2.24) is 9.88 Å². The molecule has 0 radical (unpaired) electrons. The van der Waals surface area contributed by atoms with Gasteiger partial charge in [0.2, 0.25) is 0 Å². The average Bonchev–Trinajstić information content (AvgIpc) is 3.03. The molecule has 0 spiro atoms. The van der Waals surface area contributed by atoms with Crippen molar-refractivity contribution in [2.24, 2.45) is 0 Å². The molecule has 37 heavy (non-hydrogen) atoms. The molecule has 2 N–H and O–H groups in total. The number of alkyl halides is 3. The van der Waals surface area contributed by atoms with Crippen LogP contribution in [0, 0.1) is 0 Å². The Balaban J connectivity index is 1.51. The summed E-state index contributed by atoms with van der Waals surface area (Å²) in [6, 6.07) is 14.2. The Morgan fingerprint density at radius 1 is 1.11 bits per heavy atom. The van der Waals surface area contributed by atoms with Crippen LogP contribution in [0.15, 0.2) is 77.3 Å². The number of halogens is 4. The summed E-state index contributed by atoms with van der Waals surface area (Å²) in [6.07, 6.45) is -3.75. The minimum atomic E-state index is -4.70. The fraction of sp³-hybridized carbons (Fsp3) is 0.280. The van der Waals surface area contributed by atoms with Gasteiger partial charge in [-0.25, -0.2) is 8.42 Å². The maximum absolute atomic E-state index is 13.1. The highest BCUT2D eigenvalue weighted by molar-refractivity contribution is 7.91. The van der Waals surface area contributed by atoms with E-state index in [2.05, 4.69) is 10.3 Å². The zero-order valence-corrected chi connectivity index (χ0v) is 20.9. The Morgan fingerprint density at radius 2 is 1.84 bits per heavy atom. The molecule has 196 valence electrons.